The lowest BCUT2D eigenvalue weighted by atomic mass is 9.90. The maximum absolute atomic E-state index is 6.05. The van der Waals surface area contributed by atoms with Crippen molar-refractivity contribution >= 4 is 0 Å². The maximum Gasteiger partial charge on any atom is 0.0303 e. The van der Waals surface area contributed by atoms with E-state index in [-0.39, 0.29) is 5.54 Å². The molecule has 0 aromatic heterocycles. The minimum atomic E-state index is 0.238. The molecule has 17 heavy (non-hydrogen) atoms. The van der Waals surface area contributed by atoms with E-state index in [1.165, 1.54) is 51.6 Å². The Bertz CT molecular complexity index is 225. The molecule has 1 unspecified atom stereocenters. The van der Waals surface area contributed by atoms with Crippen molar-refractivity contribution in [2.45, 2.75) is 71.8 Å². The Kier molecular flexibility index (Phi) is 5.46. The highest BCUT2D eigenvalue weighted by Gasteiger charge is 2.38. The fourth-order valence-electron chi connectivity index (χ4n) is 2.90. The molecule has 1 atom stereocenters. The fourth-order valence-corrected chi connectivity index (χ4v) is 2.90. The summed E-state index contributed by atoms with van der Waals surface area (Å²) in [6.45, 7) is 12.6. The van der Waals surface area contributed by atoms with Gasteiger partial charge in [0.1, 0.15) is 0 Å². The van der Waals surface area contributed by atoms with Gasteiger partial charge in [-0.3, -0.25) is 4.90 Å². The van der Waals surface area contributed by atoms with E-state index in [9.17, 15) is 0 Å². The summed E-state index contributed by atoms with van der Waals surface area (Å²) in [7, 11) is 0. The predicted molar refractivity (Wildman–Crippen MR) is 76.2 cm³/mol. The fraction of sp³-hybridized carbons (Fsp3) is 1.00. The molecule has 0 bridgehead atoms. The van der Waals surface area contributed by atoms with Gasteiger partial charge in [-0.25, -0.2) is 0 Å². The van der Waals surface area contributed by atoms with E-state index in [1.54, 1.807) is 0 Å². The minimum absolute atomic E-state index is 0.238. The van der Waals surface area contributed by atoms with E-state index < -0.39 is 0 Å². The summed E-state index contributed by atoms with van der Waals surface area (Å²) in [5.74, 6) is 0. The van der Waals surface area contributed by atoms with Gasteiger partial charge in [0.05, 0.1) is 0 Å². The van der Waals surface area contributed by atoms with Gasteiger partial charge in [0.2, 0.25) is 0 Å². The summed E-state index contributed by atoms with van der Waals surface area (Å²) in [5.41, 5.74) is 6.77. The van der Waals surface area contributed by atoms with Crippen LogP contribution in [0.3, 0.4) is 0 Å². The lowest BCUT2D eigenvalue weighted by molar-refractivity contribution is 0.116. The highest BCUT2D eigenvalue weighted by atomic mass is 15.2. The van der Waals surface area contributed by atoms with Gasteiger partial charge in [0, 0.05) is 18.6 Å². The summed E-state index contributed by atoms with van der Waals surface area (Å²) in [4.78, 5) is 2.64. The molecule has 1 fully saturated rings. The number of hydrogen-bond acceptors (Lipinski definition) is 2. The largest absolute Gasteiger partial charge is 0.329 e. The van der Waals surface area contributed by atoms with Crippen molar-refractivity contribution in [1.29, 1.82) is 0 Å². The summed E-state index contributed by atoms with van der Waals surface area (Å²) in [5, 5.41) is 0. The van der Waals surface area contributed by atoms with Gasteiger partial charge in [-0.15, -0.1) is 0 Å². The molecule has 2 nitrogen and oxygen atoms in total. The van der Waals surface area contributed by atoms with Gasteiger partial charge in [0.25, 0.3) is 0 Å². The normalized spacial score (nSPS) is 23.8. The number of nitrogens with two attached hydrogens (primary N) is 1. The average Bonchev–Trinajstić information content (AvgIpc) is 2.65. The zero-order valence-corrected chi connectivity index (χ0v) is 12.4. The van der Waals surface area contributed by atoms with Gasteiger partial charge < -0.3 is 5.73 Å². The molecule has 102 valence electrons. The third-order valence-corrected chi connectivity index (χ3v) is 4.45. The van der Waals surface area contributed by atoms with Crippen LogP contribution in [0.5, 0.6) is 0 Å². The van der Waals surface area contributed by atoms with Crippen LogP contribution < -0.4 is 5.73 Å². The first kappa shape index (κ1) is 15.0. The summed E-state index contributed by atoms with van der Waals surface area (Å²) in [6.07, 6.45) is 7.96. The van der Waals surface area contributed by atoms with E-state index in [0.717, 1.165) is 6.54 Å². The molecule has 1 aliphatic rings. The first-order valence-corrected chi connectivity index (χ1v) is 7.39. The number of nitrogens with zero attached hydrogens (tertiary/aromatic N) is 1. The monoisotopic (exact) mass is 240 g/mol. The third kappa shape index (κ3) is 4.26. The number of hydrogen-bond donors (Lipinski definition) is 1. The van der Waals surface area contributed by atoms with Crippen LogP contribution in [0.25, 0.3) is 0 Å². The van der Waals surface area contributed by atoms with E-state index in [4.69, 9.17) is 5.73 Å². The maximum atomic E-state index is 6.05. The Labute approximate surface area is 108 Å². The second-order valence-corrected chi connectivity index (χ2v) is 6.85. The third-order valence-electron chi connectivity index (χ3n) is 4.45. The average molecular weight is 240 g/mol. The van der Waals surface area contributed by atoms with Gasteiger partial charge in [-0.05, 0) is 31.7 Å². The molecule has 1 saturated heterocycles. The number of rotatable bonds is 7. The molecule has 0 saturated carbocycles. The van der Waals surface area contributed by atoms with Crippen molar-refractivity contribution in [2.75, 3.05) is 19.6 Å². The molecule has 0 aliphatic carbocycles. The standard InChI is InChI=1S/C15H32N2/c1-5-6-7-8-9-15(4,12-16)17-11-10-14(2,3)13-17/h5-13,16H2,1-4H3. The van der Waals surface area contributed by atoms with E-state index >= 15 is 0 Å². The highest BCUT2D eigenvalue weighted by molar-refractivity contribution is 4.94. The van der Waals surface area contributed by atoms with Crippen molar-refractivity contribution in [3.63, 3.8) is 0 Å². The van der Waals surface area contributed by atoms with Crippen LogP contribution in [0.4, 0.5) is 0 Å². The van der Waals surface area contributed by atoms with Gasteiger partial charge in [-0.1, -0.05) is 46.5 Å². The van der Waals surface area contributed by atoms with Crippen LogP contribution in [0.1, 0.15) is 66.2 Å². The first-order valence-electron chi connectivity index (χ1n) is 7.39. The molecular formula is C15H32N2. The molecular weight excluding hydrogens is 208 g/mol. The van der Waals surface area contributed by atoms with Crippen molar-refractivity contribution < 1.29 is 0 Å². The van der Waals surface area contributed by atoms with Crippen molar-refractivity contribution in [2.24, 2.45) is 11.1 Å². The Balaban J connectivity index is 2.45. The van der Waals surface area contributed by atoms with E-state index in [0.29, 0.717) is 5.41 Å². The topological polar surface area (TPSA) is 29.3 Å². The van der Waals surface area contributed by atoms with Crippen molar-refractivity contribution in [3.8, 4) is 0 Å². The molecule has 1 aliphatic heterocycles. The zero-order chi connectivity index (χ0) is 12.9. The van der Waals surface area contributed by atoms with Crippen LogP contribution in [-0.4, -0.2) is 30.1 Å². The molecule has 2 N–H and O–H groups in total. The van der Waals surface area contributed by atoms with Crippen LogP contribution in [0.2, 0.25) is 0 Å². The van der Waals surface area contributed by atoms with Crippen LogP contribution in [-0.2, 0) is 0 Å². The summed E-state index contributed by atoms with van der Waals surface area (Å²) in [6, 6.07) is 0. The van der Waals surface area contributed by atoms with Gasteiger partial charge in [0.15, 0.2) is 0 Å². The Morgan fingerprint density at radius 3 is 2.41 bits per heavy atom. The number of likely N-dealkylation sites (tertiary alicyclic amines) is 1. The zero-order valence-electron chi connectivity index (χ0n) is 12.4. The molecule has 0 radical (unpaired) electrons. The molecule has 1 heterocycles. The molecule has 0 aromatic rings. The van der Waals surface area contributed by atoms with Gasteiger partial charge in [-0.2, -0.15) is 0 Å². The lowest BCUT2D eigenvalue weighted by Gasteiger charge is -2.39. The first-order chi connectivity index (χ1) is 7.93. The van der Waals surface area contributed by atoms with Crippen LogP contribution in [0.15, 0.2) is 0 Å². The lowest BCUT2D eigenvalue weighted by Crippen LogP contribution is -2.51. The molecule has 0 aromatic carbocycles. The van der Waals surface area contributed by atoms with E-state index in [1.807, 2.05) is 0 Å². The highest BCUT2D eigenvalue weighted by Crippen LogP contribution is 2.35. The second-order valence-electron chi connectivity index (χ2n) is 6.85. The van der Waals surface area contributed by atoms with Crippen LogP contribution >= 0.6 is 0 Å². The molecule has 2 heteroatoms. The Morgan fingerprint density at radius 1 is 1.24 bits per heavy atom. The molecule has 1 rings (SSSR count). The van der Waals surface area contributed by atoms with Crippen LogP contribution in [0, 0.1) is 5.41 Å². The van der Waals surface area contributed by atoms with Crippen molar-refractivity contribution in [3.05, 3.63) is 0 Å². The Morgan fingerprint density at radius 2 is 1.94 bits per heavy atom. The molecule has 0 spiro atoms. The van der Waals surface area contributed by atoms with Gasteiger partial charge >= 0.3 is 0 Å². The predicted octanol–water partition coefficient (Wildman–Crippen LogP) is 3.41. The summed E-state index contributed by atoms with van der Waals surface area (Å²) >= 11 is 0. The minimum Gasteiger partial charge on any atom is -0.329 e. The quantitative estimate of drug-likeness (QED) is 0.691. The molecule has 0 amide bonds. The SMILES string of the molecule is CCCCCCC(C)(CN)N1CCC(C)(C)C1. The van der Waals surface area contributed by atoms with E-state index in [2.05, 4.69) is 32.6 Å². The number of unbranched alkanes of at least 4 members (excludes halogenated alkanes) is 3. The van der Waals surface area contributed by atoms with Crippen molar-refractivity contribution in [1.82, 2.24) is 4.90 Å². The second kappa shape index (κ2) is 6.19. The smallest absolute Gasteiger partial charge is 0.0303 e. The Hall–Kier alpha value is -0.0800. The summed E-state index contributed by atoms with van der Waals surface area (Å²) < 4.78 is 0.